The van der Waals surface area contributed by atoms with Crippen LogP contribution in [0.2, 0.25) is 0 Å². The van der Waals surface area contributed by atoms with E-state index in [4.69, 9.17) is 4.74 Å². The van der Waals surface area contributed by atoms with Crippen LogP contribution in [0.5, 0.6) is 11.5 Å². The molecule has 1 aliphatic rings. The van der Waals surface area contributed by atoms with Gasteiger partial charge in [-0.25, -0.2) is 8.78 Å². The lowest BCUT2D eigenvalue weighted by molar-refractivity contribution is -0.394. The van der Waals surface area contributed by atoms with Crippen LogP contribution in [0, 0.1) is 31.9 Å². The molecule has 1 N–H and O–H groups in total. The Morgan fingerprint density at radius 3 is 2.44 bits per heavy atom. The molecule has 0 radical (unpaired) electrons. The first-order valence-corrected chi connectivity index (χ1v) is 11.5. The quantitative estimate of drug-likeness (QED) is 0.222. The fourth-order valence-electron chi connectivity index (χ4n) is 3.36. The van der Waals surface area contributed by atoms with Crippen molar-refractivity contribution in [3.05, 3.63) is 103 Å². The maximum Gasteiger partial charge on any atom is 0.318 e. The summed E-state index contributed by atoms with van der Waals surface area (Å²) in [5, 5.41) is 23.8. The molecule has 1 fully saturated rings. The van der Waals surface area contributed by atoms with E-state index in [1.165, 1.54) is 24.3 Å². The third kappa shape index (κ3) is 6.04. The number of nitrogens with zero attached hydrogens (tertiary/aromatic N) is 3. The SMILES string of the molecule is O=C(CN1C(=O)S/C(=C/c2ccccc2Oc2ccc([N+](=O)[O-])cc2[N+](=O)[O-])C1=O)Nc1ccc(F)cc1F. The number of non-ortho nitro benzene ring substituents is 1. The fraction of sp³-hybridized carbons (Fsp3) is 0.0417. The van der Waals surface area contributed by atoms with E-state index in [2.05, 4.69) is 5.32 Å². The summed E-state index contributed by atoms with van der Waals surface area (Å²) in [4.78, 5) is 58.9. The lowest BCUT2D eigenvalue weighted by atomic mass is 10.1. The van der Waals surface area contributed by atoms with Gasteiger partial charge in [0.05, 0.1) is 26.5 Å². The van der Waals surface area contributed by atoms with Crippen molar-refractivity contribution < 1.29 is 37.7 Å². The van der Waals surface area contributed by atoms with Gasteiger partial charge in [0.25, 0.3) is 16.8 Å². The predicted octanol–water partition coefficient (Wildman–Crippen LogP) is 5.25. The number of nitrogens with one attached hydrogen (secondary N) is 1. The van der Waals surface area contributed by atoms with Crippen molar-refractivity contribution in [3.63, 3.8) is 0 Å². The molecule has 4 rings (SSSR count). The number of nitro groups is 2. The molecule has 12 nitrogen and oxygen atoms in total. The number of hydrogen-bond acceptors (Lipinski definition) is 9. The van der Waals surface area contributed by atoms with Gasteiger partial charge in [0, 0.05) is 17.7 Å². The molecular weight excluding hydrogens is 542 g/mol. The van der Waals surface area contributed by atoms with E-state index in [0.29, 0.717) is 22.7 Å². The normalized spacial score (nSPS) is 14.0. The molecule has 198 valence electrons. The van der Waals surface area contributed by atoms with Gasteiger partial charge >= 0.3 is 5.69 Å². The monoisotopic (exact) mass is 556 g/mol. The van der Waals surface area contributed by atoms with Gasteiger partial charge in [-0.2, -0.15) is 0 Å². The van der Waals surface area contributed by atoms with E-state index in [1.807, 2.05) is 0 Å². The van der Waals surface area contributed by atoms with E-state index in [0.717, 1.165) is 30.3 Å². The number of anilines is 1. The van der Waals surface area contributed by atoms with Gasteiger partial charge in [0.1, 0.15) is 23.9 Å². The van der Waals surface area contributed by atoms with E-state index >= 15 is 0 Å². The molecule has 0 atom stereocenters. The summed E-state index contributed by atoms with van der Waals surface area (Å²) < 4.78 is 32.5. The molecule has 0 spiro atoms. The molecule has 0 saturated carbocycles. The van der Waals surface area contributed by atoms with Crippen LogP contribution in [0.3, 0.4) is 0 Å². The zero-order valence-corrected chi connectivity index (χ0v) is 20.1. The third-order valence-electron chi connectivity index (χ3n) is 5.16. The van der Waals surface area contributed by atoms with Crippen LogP contribution in [0.1, 0.15) is 5.56 Å². The Morgan fingerprint density at radius 1 is 1.00 bits per heavy atom. The summed E-state index contributed by atoms with van der Waals surface area (Å²) in [6, 6.07) is 11.3. The topological polar surface area (TPSA) is 162 Å². The second-order valence-corrected chi connectivity index (χ2v) is 8.74. The molecule has 0 bridgehead atoms. The second kappa shape index (κ2) is 11.1. The van der Waals surface area contributed by atoms with Crippen molar-refractivity contribution in [1.29, 1.82) is 0 Å². The number of carbonyl (C=O) groups is 3. The summed E-state index contributed by atoms with van der Waals surface area (Å²) in [5.74, 6) is -3.90. The van der Waals surface area contributed by atoms with Crippen LogP contribution in [-0.2, 0) is 9.59 Å². The Kier molecular flexibility index (Phi) is 7.62. The van der Waals surface area contributed by atoms with E-state index < -0.39 is 56.5 Å². The zero-order valence-electron chi connectivity index (χ0n) is 19.3. The molecule has 0 aromatic heterocycles. The largest absolute Gasteiger partial charge is 0.449 e. The van der Waals surface area contributed by atoms with Crippen LogP contribution in [-0.4, -0.2) is 38.3 Å². The highest BCUT2D eigenvalue weighted by Crippen LogP contribution is 2.38. The Hall–Kier alpha value is -5.18. The number of rotatable bonds is 8. The van der Waals surface area contributed by atoms with Crippen molar-refractivity contribution in [2.45, 2.75) is 0 Å². The molecular formula is C24H14F2N4O8S. The molecule has 3 aromatic rings. The first-order valence-electron chi connectivity index (χ1n) is 10.7. The molecule has 1 saturated heterocycles. The molecule has 0 unspecified atom stereocenters. The van der Waals surface area contributed by atoms with Gasteiger partial charge in [-0.3, -0.25) is 39.5 Å². The smallest absolute Gasteiger partial charge is 0.318 e. The number of amides is 3. The standard InChI is InChI=1S/C24H14F2N4O8S/c25-14-5-7-17(16(26)10-14)27-22(31)12-28-23(32)21(39-24(28)33)9-13-3-1-2-4-19(13)38-20-8-6-15(29(34)35)11-18(20)30(36)37/h1-11H,12H2,(H,27,31)/b21-9+. The summed E-state index contributed by atoms with van der Waals surface area (Å²) >= 11 is 0.514. The second-order valence-electron chi connectivity index (χ2n) is 7.75. The Bertz CT molecular complexity index is 1580. The minimum absolute atomic E-state index is 0.0331. The zero-order chi connectivity index (χ0) is 28.3. The van der Waals surface area contributed by atoms with E-state index in [1.54, 1.807) is 6.07 Å². The maximum atomic E-state index is 13.8. The van der Waals surface area contributed by atoms with E-state index in [9.17, 15) is 43.4 Å². The summed E-state index contributed by atoms with van der Waals surface area (Å²) in [6.07, 6.45) is 1.27. The van der Waals surface area contributed by atoms with Gasteiger partial charge in [-0.1, -0.05) is 18.2 Å². The lowest BCUT2D eigenvalue weighted by Crippen LogP contribution is -2.36. The number of ether oxygens (including phenoxy) is 1. The molecule has 3 aromatic carbocycles. The number of halogens is 2. The van der Waals surface area contributed by atoms with Crippen molar-refractivity contribution in [2.75, 3.05) is 11.9 Å². The van der Waals surface area contributed by atoms with Crippen LogP contribution in [0.15, 0.2) is 65.6 Å². The predicted molar refractivity (Wildman–Crippen MR) is 134 cm³/mol. The minimum atomic E-state index is -1.04. The number of hydrogen-bond donors (Lipinski definition) is 1. The van der Waals surface area contributed by atoms with Gasteiger partial charge in [-0.15, -0.1) is 0 Å². The van der Waals surface area contributed by atoms with Gasteiger partial charge in [-0.05, 0) is 42.1 Å². The van der Waals surface area contributed by atoms with Crippen molar-refractivity contribution in [3.8, 4) is 11.5 Å². The number of thioether (sulfide) groups is 1. The van der Waals surface area contributed by atoms with Crippen LogP contribution < -0.4 is 10.1 Å². The average Bonchev–Trinajstić information content (AvgIpc) is 3.14. The average molecular weight is 556 g/mol. The van der Waals surface area contributed by atoms with Crippen LogP contribution in [0.25, 0.3) is 6.08 Å². The Balaban J connectivity index is 1.54. The minimum Gasteiger partial charge on any atom is -0.449 e. The fourth-order valence-corrected chi connectivity index (χ4v) is 4.19. The maximum absolute atomic E-state index is 13.8. The summed E-state index contributed by atoms with van der Waals surface area (Å²) in [7, 11) is 0. The third-order valence-corrected chi connectivity index (χ3v) is 6.06. The first-order chi connectivity index (χ1) is 18.5. The van der Waals surface area contributed by atoms with Crippen LogP contribution >= 0.6 is 11.8 Å². The molecule has 1 aliphatic heterocycles. The molecule has 3 amide bonds. The number of carbonyl (C=O) groups excluding carboxylic acids is 3. The van der Waals surface area contributed by atoms with Gasteiger partial charge in [0.2, 0.25) is 11.7 Å². The molecule has 15 heteroatoms. The number of benzene rings is 3. The van der Waals surface area contributed by atoms with Crippen molar-refractivity contribution in [1.82, 2.24) is 4.90 Å². The Morgan fingerprint density at radius 2 is 1.74 bits per heavy atom. The molecule has 0 aliphatic carbocycles. The highest BCUT2D eigenvalue weighted by Gasteiger charge is 2.36. The number of imide groups is 1. The lowest BCUT2D eigenvalue weighted by Gasteiger charge is -2.13. The first kappa shape index (κ1) is 26.9. The summed E-state index contributed by atoms with van der Waals surface area (Å²) in [6.45, 7) is -0.744. The van der Waals surface area contributed by atoms with Gasteiger partial charge in [0.15, 0.2) is 0 Å². The van der Waals surface area contributed by atoms with Crippen LogP contribution in [0.4, 0.5) is 30.6 Å². The van der Waals surface area contributed by atoms with E-state index in [-0.39, 0.29) is 27.7 Å². The number of para-hydroxylation sites is 1. The van der Waals surface area contributed by atoms with Crippen molar-refractivity contribution >= 4 is 52.0 Å². The summed E-state index contributed by atoms with van der Waals surface area (Å²) in [5.41, 5.74) is -1.28. The molecule has 39 heavy (non-hydrogen) atoms. The van der Waals surface area contributed by atoms with Crippen molar-refractivity contribution in [2.24, 2.45) is 0 Å². The highest BCUT2D eigenvalue weighted by atomic mass is 32.2. The molecule has 1 heterocycles. The van der Waals surface area contributed by atoms with Gasteiger partial charge < -0.3 is 10.1 Å². The number of nitro benzene ring substituents is 2. The highest BCUT2D eigenvalue weighted by molar-refractivity contribution is 8.18. The Labute approximate surface area is 221 Å².